The summed E-state index contributed by atoms with van der Waals surface area (Å²) in [6.07, 6.45) is 3.93. The molecular formula is C15H20N2O. The number of likely N-dealkylation sites (N-methyl/N-ethyl adjacent to an activating group) is 1. The van der Waals surface area contributed by atoms with Crippen molar-refractivity contribution < 1.29 is 4.79 Å². The SMILES string of the molecule is C=CC(=O)N(C)Cc1ccc(N2CCCC2)cc1. The van der Waals surface area contributed by atoms with E-state index < -0.39 is 0 Å². The van der Waals surface area contributed by atoms with Gasteiger partial charge in [0, 0.05) is 32.4 Å². The fourth-order valence-corrected chi connectivity index (χ4v) is 2.30. The highest BCUT2D eigenvalue weighted by molar-refractivity contribution is 5.86. The minimum Gasteiger partial charge on any atom is -0.372 e. The lowest BCUT2D eigenvalue weighted by molar-refractivity contribution is -0.125. The van der Waals surface area contributed by atoms with Crippen LogP contribution in [0.2, 0.25) is 0 Å². The van der Waals surface area contributed by atoms with Gasteiger partial charge in [0.05, 0.1) is 0 Å². The van der Waals surface area contributed by atoms with Crippen molar-refractivity contribution in [2.75, 3.05) is 25.0 Å². The summed E-state index contributed by atoms with van der Waals surface area (Å²) in [4.78, 5) is 15.5. The van der Waals surface area contributed by atoms with Gasteiger partial charge < -0.3 is 9.80 Å². The minimum atomic E-state index is -0.0429. The van der Waals surface area contributed by atoms with Crippen LogP contribution in [0.25, 0.3) is 0 Å². The van der Waals surface area contributed by atoms with Gasteiger partial charge in [-0.3, -0.25) is 4.79 Å². The molecule has 1 aliphatic rings. The molecule has 18 heavy (non-hydrogen) atoms. The molecule has 1 heterocycles. The van der Waals surface area contributed by atoms with E-state index in [4.69, 9.17) is 0 Å². The lowest BCUT2D eigenvalue weighted by Crippen LogP contribution is -2.24. The summed E-state index contributed by atoms with van der Waals surface area (Å²) >= 11 is 0. The molecule has 1 saturated heterocycles. The van der Waals surface area contributed by atoms with Gasteiger partial charge in [-0.1, -0.05) is 18.7 Å². The molecule has 0 aromatic heterocycles. The van der Waals surface area contributed by atoms with Crippen molar-refractivity contribution in [2.24, 2.45) is 0 Å². The quantitative estimate of drug-likeness (QED) is 0.759. The summed E-state index contributed by atoms with van der Waals surface area (Å²) < 4.78 is 0. The second kappa shape index (κ2) is 5.71. The van der Waals surface area contributed by atoms with Crippen LogP contribution in [-0.4, -0.2) is 30.9 Å². The minimum absolute atomic E-state index is 0.0429. The Balaban J connectivity index is 1.98. The van der Waals surface area contributed by atoms with E-state index in [-0.39, 0.29) is 5.91 Å². The Bertz CT molecular complexity index is 419. The molecule has 1 aromatic carbocycles. The molecule has 1 aliphatic heterocycles. The van der Waals surface area contributed by atoms with Gasteiger partial charge >= 0.3 is 0 Å². The maximum absolute atomic E-state index is 11.4. The highest BCUT2D eigenvalue weighted by atomic mass is 16.2. The monoisotopic (exact) mass is 244 g/mol. The van der Waals surface area contributed by atoms with E-state index in [2.05, 4.69) is 35.7 Å². The molecule has 1 amide bonds. The first-order valence-electron chi connectivity index (χ1n) is 6.42. The Morgan fingerprint density at radius 2 is 1.94 bits per heavy atom. The van der Waals surface area contributed by atoms with Crippen LogP contribution < -0.4 is 4.90 Å². The van der Waals surface area contributed by atoms with Gasteiger partial charge in [0.1, 0.15) is 0 Å². The predicted octanol–water partition coefficient (Wildman–Crippen LogP) is 2.43. The van der Waals surface area contributed by atoms with Crippen molar-refractivity contribution in [1.29, 1.82) is 0 Å². The standard InChI is InChI=1S/C15H20N2O/c1-3-15(18)16(2)12-13-6-8-14(9-7-13)17-10-4-5-11-17/h3,6-9H,1,4-5,10-12H2,2H3. The number of carbonyl (C=O) groups is 1. The molecule has 0 bridgehead atoms. The van der Waals surface area contributed by atoms with E-state index in [0.29, 0.717) is 6.54 Å². The van der Waals surface area contributed by atoms with E-state index in [1.165, 1.54) is 24.6 Å². The predicted molar refractivity (Wildman–Crippen MR) is 74.6 cm³/mol. The van der Waals surface area contributed by atoms with Crippen LogP contribution in [-0.2, 0) is 11.3 Å². The molecule has 0 spiro atoms. The average molecular weight is 244 g/mol. The molecule has 96 valence electrons. The van der Waals surface area contributed by atoms with Crippen LogP contribution in [0.3, 0.4) is 0 Å². The van der Waals surface area contributed by atoms with E-state index >= 15 is 0 Å². The van der Waals surface area contributed by atoms with Crippen LogP contribution >= 0.6 is 0 Å². The third kappa shape index (κ3) is 2.92. The zero-order valence-electron chi connectivity index (χ0n) is 10.9. The van der Waals surface area contributed by atoms with Gasteiger partial charge in [-0.05, 0) is 36.6 Å². The Hall–Kier alpha value is -1.77. The Kier molecular flexibility index (Phi) is 4.03. The molecule has 3 nitrogen and oxygen atoms in total. The van der Waals surface area contributed by atoms with Crippen molar-refractivity contribution in [3.8, 4) is 0 Å². The van der Waals surface area contributed by atoms with Gasteiger partial charge in [0.15, 0.2) is 0 Å². The molecule has 0 unspecified atom stereocenters. The maximum Gasteiger partial charge on any atom is 0.245 e. The molecule has 1 aromatic rings. The summed E-state index contributed by atoms with van der Waals surface area (Å²) in [6.45, 7) is 6.44. The number of amides is 1. The highest BCUT2D eigenvalue weighted by Gasteiger charge is 2.12. The van der Waals surface area contributed by atoms with Gasteiger partial charge in [0.25, 0.3) is 0 Å². The first kappa shape index (κ1) is 12.7. The van der Waals surface area contributed by atoms with Crippen molar-refractivity contribution >= 4 is 11.6 Å². The zero-order valence-corrected chi connectivity index (χ0v) is 10.9. The fraction of sp³-hybridized carbons (Fsp3) is 0.400. The summed E-state index contributed by atoms with van der Waals surface area (Å²) in [5.74, 6) is -0.0429. The third-order valence-corrected chi connectivity index (χ3v) is 3.38. The van der Waals surface area contributed by atoms with Crippen molar-refractivity contribution in [2.45, 2.75) is 19.4 Å². The number of benzene rings is 1. The van der Waals surface area contributed by atoms with Crippen LogP contribution in [0.1, 0.15) is 18.4 Å². The van der Waals surface area contributed by atoms with Gasteiger partial charge in [-0.15, -0.1) is 0 Å². The number of anilines is 1. The Morgan fingerprint density at radius 3 is 2.50 bits per heavy atom. The summed E-state index contributed by atoms with van der Waals surface area (Å²) in [7, 11) is 1.79. The lowest BCUT2D eigenvalue weighted by Gasteiger charge is -2.19. The molecule has 0 atom stereocenters. The van der Waals surface area contributed by atoms with Crippen molar-refractivity contribution in [3.63, 3.8) is 0 Å². The second-order valence-corrected chi connectivity index (χ2v) is 4.76. The van der Waals surface area contributed by atoms with Crippen LogP contribution in [0.4, 0.5) is 5.69 Å². The number of hydrogen-bond acceptors (Lipinski definition) is 2. The average Bonchev–Trinajstić information content (AvgIpc) is 2.92. The fourth-order valence-electron chi connectivity index (χ4n) is 2.30. The van der Waals surface area contributed by atoms with E-state index in [0.717, 1.165) is 18.7 Å². The molecule has 0 aliphatic carbocycles. The smallest absolute Gasteiger partial charge is 0.245 e. The first-order chi connectivity index (χ1) is 8.70. The van der Waals surface area contributed by atoms with E-state index in [9.17, 15) is 4.79 Å². The number of nitrogens with zero attached hydrogens (tertiary/aromatic N) is 2. The Labute approximate surface area is 109 Å². The van der Waals surface area contributed by atoms with E-state index in [1.54, 1.807) is 11.9 Å². The van der Waals surface area contributed by atoms with E-state index in [1.807, 2.05) is 0 Å². The van der Waals surface area contributed by atoms with Crippen molar-refractivity contribution in [3.05, 3.63) is 42.5 Å². The normalized spacial score (nSPS) is 14.6. The third-order valence-electron chi connectivity index (χ3n) is 3.38. The van der Waals surface area contributed by atoms with Gasteiger partial charge in [-0.25, -0.2) is 0 Å². The lowest BCUT2D eigenvalue weighted by atomic mass is 10.2. The van der Waals surface area contributed by atoms with Gasteiger partial charge in [-0.2, -0.15) is 0 Å². The van der Waals surface area contributed by atoms with Crippen molar-refractivity contribution in [1.82, 2.24) is 4.90 Å². The van der Waals surface area contributed by atoms with Crippen LogP contribution in [0.5, 0.6) is 0 Å². The number of rotatable bonds is 4. The van der Waals surface area contributed by atoms with Crippen LogP contribution in [0, 0.1) is 0 Å². The molecule has 1 fully saturated rings. The molecule has 0 radical (unpaired) electrons. The highest BCUT2D eigenvalue weighted by Crippen LogP contribution is 2.20. The summed E-state index contributed by atoms with van der Waals surface area (Å²) in [5, 5.41) is 0. The second-order valence-electron chi connectivity index (χ2n) is 4.76. The molecule has 3 heteroatoms. The zero-order chi connectivity index (χ0) is 13.0. The summed E-state index contributed by atoms with van der Waals surface area (Å²) in [6, 6.07) is 8.49. The van der Waals surface area contributed by atoms with Crippen LogP contribution in [0.15, 0.2) is 36.9 Å². The molecular weight excluding hydrogens is 224 g/mol. The molecule has 0 saturated carbocycles. The number of carbonyl (C=O) groups excluding carboxylic acids is 1. The topological polar surface area (TPSA) is 23.6 Å². The van der Waals surface area contributed by atoms with Gasteiger partial charge in [0.2, 0.25) is 5.91 Å². The Morgan fingerprint density at radius 1 is 1.33 bits per heavy atom. The first-order valence-corrected chi connectivity index (χ1v) is 6.42. The molecule has 0 N–H and O–H groups in total. The largest absolute Gasteiger partial charge is 0.372 e. The summed E-state index contributed by atoms with van der Waals surface area (Å²) in [5.41, 5.74) is 2.43. The number of hydrogen-bond donors (Lipinski definition) is 0. The maximum atomic E-state index is 11.4. The molecule has 2 rings (SSSR count).